The van der Waals surface area contributed by atoms with E-state index in [0.717, 1.165) is 18.4 Å². The summed E-state index contributed by atoms with van der Waals surface area (Å²) < 4.78 is 0. The van der Waals surface area contributed by atoms with Crippen LogP contribution in [0.5, 0.6) is 0 Å². The quantitative estimate of drug-likeness (QED) is 0.727. The molecule has 2 nitrogen and oxygen atoms in total. The minimum absolute atomic E-state index is 0.113. The number of hydrogen-bond donors (Lipinski definition) is 2. The van der Waals surface area contributed by atoms with Crippen LogP contribution >= 0.6 is 0 Å². The predicted octanol–water partition coefficient (Wildman–Crippen LogP) is 1.35. The van der Waals surface area contributed by atoms with E-state index >= 15 is 0 Å². The molecular formula is C13H16O2. The third kappa shape index (κ3) is 4.64. The number of benzene rings is 1. The van der Waals surface area contributed by atoms with Crippen molar-refractivity contribution < 1.29 is 10.2 Å². The third-order valence-corrected chi connectivity index (χ3v) is 2.05. The van der Waals surface area contributed by atoms with E-state index < -0.39 is 0 Å². The van der Waals surface area contributed by atoms with Gasteiger partial charge in [0.1, 0.15) is 0 Å². The zero-order valence-electron chi connectivity index (χ0n) is 8.74. The molecule has 0 atom stereocenters. The van der Waals surface area contributed by atoms with Crippen LogP contribution in [0.1, 0.15) is 24.0 Å². The molecule has 1 aromatic rings. The van der Waals surface area contributed by atoms with Gasteiger partial charge >= 0.3 is 0 Å². The van der Waals surface area contributed by atoms with Gasteiger partial charge in [0.2, 0.25) is 0 Å². The lowest BCUT2D eigenvalue weighted by Crippen LogP contribution is -1.89. The summed E-state index contributed by atoms with van der Waals surface area (Å²) in [5, 5.41) is 17.2. The fourth-order valence-corrected chi connectivity index (χ4v) is 1.26. The van der Waals surface area contributed by atoms with Crippen molar-refractivity contribution in [1.82, 2.24) is 0 Å². The first-order valence-corrected chi connectivity index (χ1v) is 5.16. The Labute approximate surface area is 90.6 Å². The monoisotopic (exact) mass is 204 g/mol. The van der Waals surface area contributed by atoms with Crippen molar-refractivity contribution in [2.75, 3.05) is 13.2 Å². The van der Waals surface area contributed by atoms with Gasteiger partial charge in [0, 0.05) is 18.6 Å². The lowest BCUT2D eigenvalue weighted by atomic mass is 10.1. The van der Waals surface area contributed by atoms with E-state index in [1.54, 1.807) is 0 Å². The van der Waals surface area contributed by atoms with Gasteiger partial charge in [0.05, 0.1) is 6.61 Å². The molecule has 0 aliphatic rings. The fraction of sp³-hybridized carbons (Fsp3) is 0.385. The molecule has 0 bridgehead atoms. The lowest BCUT2D eigenvalue weighted by molar-refractivity contribution is 0.288. The van der Waals surface area contributed by atoms with Crippen LogP contribution in [0.2, 0.25) is 0 Å². The van der Waals surface area contributed by atoms with Crippen LogP contribution in [0, 0.1) is 11.8 Å². The topological polar surface area (TPSA) is 40.5 Å². The molecule has 1 aromatic carbocycles. The Balaban J connectivity index is 2.53. The summed E-state index contributed by atoms with van der Waals surface area (Å²) >= 11 is 0. The van der Waals surface area contributed by atoms with Gasteiger partial charge < -0.3 is 10.2 Å². The van der Waals surface area contributed by atoms with Crippen LogP contribution in [-0.4, -0.2) is 23.4 Å². The van der Waals surface area contributed by atoms with Gasteiger partial charge in [-0.2, -0.15) is 0 Å². The summed E-state index contributed by atoms with van der Waals surface area (Å²) in [4.78, 5) is 0. The second-order valence-electron chi connectivity index (χ2n) is 3.30. The van der Waals surface area contributed by atoms with Crippen LogP contribution in [0.25, 0.3) is 0 Å². The molecule has 0 saturated heterocycles. The third-order valence-electron chi connectivity index (χ3n) is 2.05. The van der Waals surface area contributed by atoms with E-state index in [1.165, 1.54) is 5.56 Å². The van der Waals surface area contributed by atoms with Crippen molar-refractivity contribution in [3.8, 4) is 11.8 Å². The molecule has 0 saturated carbocycles. The van der Waals surface area contributed by atoms with Crippen LogP contribution < -0.4 is 0 Å². The second kappa shape index (κ2) is 7.05. The molecule has 0 heterocycles. The maximum atomic E-state index is 8.68. The molecule has 0 aromatic heterocycles. The summed E-state index contributed by atoms with van der Waals surface area (Å²) in [6, 6.07) is 7.99. The van der Waals surface area contributed by atoms with E-state index in [0.29, 0.717) is 6.42 Å². The molecule has 0 unspecified atom stereocenters. The molecule has 0 radical (unpaired) electrons. The van der Waals surface area contributed by atoms with Crippen LogP contribution in [0.15, 0.2) is 24.3 Å². The van der Waals surface area contributed by atoms with E-state index in [2.05, 4.69) is 11.8 Å². The molecular weight excluding hydrogens is 188 g/mol. The van der Waals surface area contributed by atoms with E-state index in [-0.39, 0.29) is 13.2 Å². The highest BCUT2D eigenvalue weighted by atomic mass is 16.3. The number of aryl methyl sites for hydroxylation is 1. The van der Waals surface area contributed by atoms with Gasteiger partial charge in [0.15, 0.2) is 0 Å². The number of rotatable bonds is 4. The highest BCUT2D eigenvalue weighted by molar-refractivity contribution is 5.36. The Morgan fingerprint density at radius 3 is 2.33 bits per heavy atom. The molecule has 0 fully saturated rings. The van der Waals surface area contributed by atoms with Gasteiger partial charge in [-0.25, -0.2) is 0 Å². The first kappa shape index (κ1) is 11.8. The Hall–Kier alpha value is -1.30. The minimum Gasteiger partial charge on any atom is -0.396 e. The normalized spacial score (nSPS) is 9.47. The average molecular weight is 204 g/mol. The SMILES string of the molecule is OCCC#Cc1ccc(CCCO)cc1. The van der Waals surface area contributed by atoms with Gasteiger partial charge in [-0.3, -0.25) is 0 Å². The summed E-state index contributed by atoms with van der Waals surface area (Å²) in [5.41, 5.74) is 2.19. The van der Waals surface area contributed by atoms with E-state index in [9.17, 15) is 0 Å². The number of aliphatic hydroxyl groups excluding tert-OH is 2. The largest absolute Gasteiger partial charge is 0.396 e. The minimum atomic E-state index is 0.113. The zero-order chi connectivity index (χ0) is 10.9. The van der Waals surface area contributed by atoms with Crippen LogP contribution in [-0.2, 0) is 6.42 Å². The van der Waals surface area contributed by atoms with Crippen molar-refractivity contribution >= 4 is 0 Å². The maximum Gasteiger partial charge on any atom is 0.0540 e. The Morgan fingerprint density at radius 1 is 1.00 bits per heavy atom. The Kier molecular flexibility index (Phi) is 5.54. The number of aliphatic hydroxyl groups is 2. The molecule has 2 heteroatoms. The van der Waals surface area contributed by atoms with Gasteiger partial charge in [-0.1, -0.05) is 24.0 Å². The van der Waals surface area contributed by atoms with Crippen LogP contribution in [0.4, 0.5) is 0 Å². The van der Waals surface area contributed by atoms with Gasteiger partial charge in [0.25, 0.3) is 0 Å². The molecule has 15 heavy (non-hydrogen) atoms. The fourth-order valence-electron chi connectivity index (χ4n) is 1.26. The first-order chi connectivity index (χ1) is 7.36. The highest BCUT2D eigenvalue weighted by Gasteiger charge is 1.92. The summed E-state index contributed by atoms with van der Waals surface area (Å²) in [7, 11) is 0. The summed E-state index contributed by atoms with van der Waals surface area (Å²) in [5.74, 6) is 5.84. The number of hydrogen-bond acceptors (Lipinski definition) is 2. The highest BCUT2D eigenvalue weighted by Crippen LogP contribution is 2.05. The lowest BCUT2D eigenvalue weighted by Gasteiger charge is -1.98. The molecule has 80 valence electrons. The first-order valence-electron chi connectivity index (χ1n) is 5.16. The zero-order valence-corrected chi connectivity index (χ0v) is 8.74. The van der Waals surface area contributed by atoms with Crippen LogP contribution in [0.3, 0.4) is 0 Å². The van der Waals surface area contributed by atoms with E-state index in [4.69, 9.17) is 10.2 Å². The smallest absolute Gasteiger partial charge is 0.0540 e. The van der Waals surface area contributed by atoms with Crippen molar-refractivity contribution in [2.24, 2.45) is 0 Å². The molecule has 0 amide bonds. The standard InChI is InChI=1S/C13H16O2/c14-10-2-1-4-12-6-8-13(9-7-12)5-3-11-15/h6-9,14-15H,2-3,5,10-11H2. The van der Waals surface area contributed by atoms with Crippen molar-refractivity contribution in [1.29, 1.82) is 0 Å². The summed E-state index contributed by atoms with van der Waals surface area (Å²) in [6.45, 7) is 0.347. The predicted molar refractivity (Wildman–Crippen MR) is 60.4 cm³/mol. The summed E-state index contributed by atoms with van der Waals surface area (Å²) in [6.07, 6.45) is 2.22. The van der Waals surface area contributed by atoms with Gasteiger partial charge in [-0.15, -0.1) is 0 Å². The molecule has 1 rings (SSSR count). The molecule has 0 spiro atoms. The Bertz CT molecular complexity index is 330. The molecule has 0 aliphatic carbocycles. The molecule has 2 N–H and O–H groups in total. The van der Waals surface area contributed by atoms with Crippen molar-refractivity contribution in [3.63, 3.8) is 0 Å². The van der Waals surface area contributed by atoms with Crippen molar-refractivity contribution in [2.45, 2.75) is 19.3 Å². The second-order valence-corrected chi connectivity index (χ2v) is 3.30. The Morgan fingerprint density at radius 2 is 1.73 bits per heavy atom. The van der Waals surface area contributed by atoms with E-state index in [1.807, 2.05) is 24.3 Å². The molecule has 0 aliphatic heterocycles. The maximum absolute atomic E-state index is 8.68. The van der Waals surface area contributed by atoms with Crippen molar-refractivity contribution in [3.05, 3.63) is 35.4 Å². The van der Waals surface area contributed by atoms with Gasteiger partial charge in [-0.05, 0) is 30.5 Å². The average Bonchev–Trinajstić information content (AvgIpc) is 2.28.